The molecule has 0 saturated carbocycles. The highest BCUT2D eigenvalue weighted by molar-refractivity contribution is 8.16. The van der Waals surface area contributed by atoms with Gasteiger partial charge in [-0.1, -0.05) is 6.92 Å². The molecule has 0 N–H and O–H groups in total. The number of carbonyl (C=O) groups is 2. The maximum atomic E-state index is 12.0. The Morgan fingerprint density at radius 1 is 1.42 bits per heavy atom. The van der Waals surface area contributed by atoms with E-state index in [2.05, 4.69) is 4.74 Å². The van der Waals surface area contributed by atoms with Crippen molar-refractivity contribution in [3.63, 3.8) is 0 Å². The van der Waals surface area contributed by atoms with Gasteiger partial charge in [-0.25, -0.2) is 13.2 Å². The Bertz CT molecular complexity index is 661. The van der Waals surface area contributed by atoms with Crippen LogP contribution in [0.3, 0.4) is 0 Å². The largest absolute Gasteiger partial charge is 0.465 e. The van der Waals surface area contributed by atoms with Crippen LogP contribution in [0.1, 0.15) is 22.8 Å². The van der Waals surface area contributed by atoms with Gasteiger partial charge in [0, 0.05) is 4.90 Å². The van der Waals surface area contributed by atoms with Crippen LogP contribution in [0, 0.1) is 0 Å². The van der Waals surface area contributed by atoms with Gasteiger partial charge >= 0.3 is 5.97 Å². The number of hydrogen-bond donors (Lipinski definition) is 0. The van der Waals surface area contributed by atoms with Gasteiger partial charge in [0.05, 0.1) is 17.6 Å². The van der Waals surface area contributed by atoms with E-state index in [0.717, 1.165) is 11.8 Å². The second kappa shape index (κ2) is 4.97. The molecular weight excluding hydrogens is 288 g/mol. The number of fused-ring (bicyclic) bond motifs is 1. The normalized spacial score (nSPS) is 16.8. The Morgan fingerprint density at radius 2 is 2.11 bits per heavy atom. The number of ether oxygens (including phenoxy) is 1. The molecule has 0 saturated heterocycles. The predicted molar refractivity (Wildman–Crippen MR) is 70.1 cm³/mol. The van der Waals surface area contributed by atoms with E-state index in [0.29, 0.717) is 16.9 Å². The first-order valence-corrected chi connectivity index (χ1v) is 8.04. The number of aryl methyl sites for hydroxylation is 1. The molecule has 0 bridgehead atoms. The molecule has 1 aliphatic heterocycles. The highest BCUT2D eigenvalue weighted by atomic mass is 32.2. The molecule has 7 heteroatoms. The second-order valence-corrected chi connectivity index (χ2v) is 7.09. The molecule has 1 heterocycles. The number of thioether (sulfide) groups is 1. The van der Waals surface area contributed by atoms with Crippen LogP contribution in [0.4, 0.5) is 0 Å². The van der Waals surface area contributed by atoms with Crippen molar-refractivity contribution in [1.82, 2.24) is 0 Å². The van der Waals surface area contributed by atoms with Gasteiger partial charge in [0.1, 0.15) is 5.75 Å². The summed E-state index contributed by atoms with van der Waals surface area (Å²) < 4.78 is 28.6. The fraction of sp³-hybridized carbons (Fsp3) is 0.333. The Morgan fingerprint density at radius 3 is 2.68 bits per heavy atom. The molecule has 0 aromatic heterocycles. The topological polar surface area (TPSA) is 77.5 Å². The number of carbonyl (C=O) groups excluding carboxylic acids is 2. The predicted octanol–water partition coefficient (Wildman–Crippen LogP) is 1.44. The number of hydrogen-bond acceptors (Lipinski definition) is 6. The maximum absolute atomic E-state index is 12.0. The van der Waals surface area contributed by atoms with E-state index in [9.17, 15) is 18.0 Å². The molecule has 1 aromatic rings. The standard InChI is InChI=1S/C12H12O5S2/c1-3-7-4-9-10(5-8(7)12(14)17-2)19(15,16)6-11(13)18-9/h4-5H,3,6H2,1-2H3. The van der Waals surface area contributed by atoms with Crippen molar-refractivity contribution < 1.29 is 22.7 Å². The van der Waals surface area contributed by atoms with Gasteiger partial charge in [0.15, 0.2) is 9.84 Å². The molecule has 5 nitrogen and oxygen atoms in total. The van der Waals surface area contributed by atoms with Crippen molar-refractivity contribution in [2.24, 2.45) is 0 Å². The lowest BCUT2D eigenvalue weighted by molar-refractivity contribution is -0.108. The van der Waals surface area contributed by atoms with E-state index in [-0.39, 0.29) is 10.5 Å². The van der Waals surface area contributed by atoms with E-state index >= 15 is 0 Å². The lowest BCUT2D eigenvalue weighted by Crippen LogP contribution is -2.20. The molecule has 0 aliphatic carbocycles. The van der Waals surface area contributed by atoms with Crippen LogP contribution in [-0.2, 0) is 25.8 Å². The van der Waals surface area contributed by atoms with Crippen molar-refractivity contribution in [2.75, 3.05) is 12.9 Å². The second-order valence-electron chi connectivity index (χ2n) is 4.03. The zero-order valence-electron chi connectivity index (χ0n) is 10.4. The zero-order valence-corrected chi connectivity index (χ0v) is 12.1. The monoisotopic (exact) mass is 300 g/mol. The minimum absolute atomic E-state index is 0.0368. The zero-order chi connectivity index (χ0) is 14.2. The van der Waals surface area contributed by atoms with Crippen molar-refractivity contribution >= 4 is 32.7 Å². The third-order valence-corrected chi connectivity index (χ3v) is 5.71. The SMILES string of the molecule is CCc1cc2c(cc1C(=O)OC)S(=O)(=O)CC(=O)S2. The summed E-state index contributed by atoms with van der Waals surface area (Å²) in [4.78, 5) is 23.5. The van der Waals surface area contributed by atoms with Crippen LogP contribution < -0.4 is 0 Å². The fourth-order valence-electron chi connectivity index (χ4n) is 1.90. The highest BCUT2D eigenvalue weighted by Crippen LogP contribution is 2.36. The van der Waals surface area contributed by atoms with Crippen LogP contribution in [0.15, 0.2) is 21.9 Å². The molecule has 102 valence electrons. The molecule has 0 amide bonds. The van der Waals surface area contributed by atoms with Gasteiger partial charge in [0.25, 0.3) is 0 Å². The molecule has 2 rings (SSSR count). The average molecular weight is 300 g/mol. The number of sulfone groups is 1. The average Bonchev–Trinajstić information content (AvgIpc) is 2.35. The lowest BCUT2D eigenvalue weighted by Gasteiger charge is -2.17. The van der Waals surface area contributed by atoms with Crippen molar-refractivity contribution in [3.05, 3.63) is 23.3 Å². The van der Waals surface area contributed by atoms with Crippen LogP contribution in [0.25, 0.3) is 0 Å². The van der Waals surface area contributed by atoms with Crippen LogP contribution in [-0.4, -0.2) is 32.4 Å². The van der Waals surface area contributed by atoms with Gasteiger partial charge in [-0.3, -0.25) is 4.79 Å². The molecule has 0 radical (unpaired) electrons. The summed E-state index contributed by atoms with van der Waals surface area (Å²) in [5, 5.41) is -0.402. The summed E-state index contributed by atoms with van der Waals surface area (Å²) in [6.07, 6.45) is 0.548. The van der Waals surface area contributed by atoms with Gasteiger partial charge < -0.3 is 4.74 Å². The number of methoxy groups -OCH3 is 1. The fourth-order valence-corrected chi connectivity index (χ4v) is 4.84. The van der Waals surface area contributed by atoms with Gasteiger partial charge in [-0.05, 0) is 35.9 Å². The van der Waals surface area contributed by atoms with E-state index in [1.165, 1.54) is 13.2 Å². The van der Waals surface area contributed by atoms with Gasteiger partial charge in [-0.2, -0.15) is 0 Å². The number of esters is 1. The Hall–Kier alpha value is -1.34. The van der Waals surface area contributed by atoms with E-state index in [1.54, 1.807) is 6.07 Å². The Balaban J connectivity index is 2.70. The summed E-state index contributed by atoms with van der Waals surface area (Å²) >= 11 is 0.902. The quantitative estimate of drug-likeness (QED) is 0.769. The summed E-state index contributed by atoms with van der Waals surface area (Å²) in [5.41, 5.74) is 0.908. The number of benzene rings is 1. The Kier molecular flexibility index (Phi) is 3.69. The first-order valence-electron chi connectivity index (χ1n) is 5.57. The van der Waals surface area contributed by atoms with Crippen molar-refractivity contribution in [1.29, 1.82) is 0 Å². The molecule has 19 heavy (non-hydrogen) atoms. The van der Waals surface area contributed by atoms with E-state index in [1.807, 2.05) is 6.92 Å². The smallest absolute Gasteiger partial charge is 0.338 e. The summed E-state index contributed by atoms with van der Waals surface area (Å²) in [6, 6.07) is 2.90. The maximum Gasteiger partial charge on any atom is 0.338 e. The summed E-state index contributed by atoms with van der Waals surface area (Å²) in [6.45, 7) is 1.85. The molecule has 1 aromatic carbocycles. The van der Waals surface area contributed by atoms with Crippen LogP contribution in [0.2, 0.25) is 0 Å². The molecule has 0 unspecified atom stereocenters. The van der Waals surface area contributed by atoms with Crippen LogP contribution >= 0.6 is 11.8 Å². The Labute approximate surface area is 115 Å². The highest BCUT2D eigenvalue weighted by Gasteiger charge is 2.31. The third-order valence-electron chi connectivity index (χ3n) is 2.82. The third kappa shape index (κ3) is 2.52. The van der Waals surface area contributed by atoms with Crippen molar-refractivity contribution in [2.45, 2.75) is 23.1 Å². The molecular formula is C12H12O5S2. The van der Waals surface area contributed by atoms with Gasteiger partial charge in [0.2, 0.25) is 5.12 Å². The minimum Gasteiger partial charge on any atom is -0.465 e. The number of rotatable bonds is 2. The lowest BCUT2D eigenvalue weighted by atomic mass is 10.1. The molecule has 0 atom stereocenters. The van der Waals surface area contributed by atoms with E-state index < -0.39 is 26.7 Å². The van der Waals surface area contributed by atoms with E-state index in [4.69, 9.17) is 0 Å². The first-order chi connectivity index (χ1) is 8.89. The van der Waals surface area contributed by atoms with Crippen molar-refractivity contribution in [3.8, 4) is 0 Å². The molecule has 0 fully saturated rings. The molecule has 0 spiro atoms. The van der Waals surface area contributed by atoms with Crippen LogP contribution in [0.5, 0.6) is 0 Å². The molecule has 1 aliphatic rings. The summed E-state index contributed by atoms with van der Waals surface area (Å²) in [7, 11) is -2.41. The minimum atomic E-state index is -3.66. The van der Waals surface area contributed by atoms with Gasteiger partial charge in [-0.15, -0.1) is 0 Å². The summed E-state index contributed by atoms with van der Waals surface area (Å²) in [5.74, 6) is -1.10. The first kappa shape index (κ1) is 14.1.